The smallest absolute Gasteiger partial charge is 0.234 e. The number of carbonyl (C=O) groups is 1. The number of benzene rings is 1. The van der Waals surface area contributed by atoms with Crippen molar-refractivity contribution < 1.29 is 4.79 Å². The van der Waals surface area contributed by atoms with Gasteiger partial charge in [0.2, 0.25) is 11.1 Å². The van der Waals surface area contributed by atoms with Crippen molar-refractivity contribution in [3.05, 3.63) is 78.9 Å². The molecule has 0 aliphatic rings. The first-order valence-electron chi connectivity index (χ1n) is 8.69. The molecule has 1 aromatic carbocycles. The Labute approximate surface area is 166 Å². The maximum absolute atomic E-state index is 12.3. The molecule has 0 radical (unpaired) electrons. The van der Waals surface area contributed by atoms with Crippen LogP contribution in [0, 0.1) is 6.92 Å². The Morgan fingerprint density at radius 1 is 1.07 bits per heavy atom. The second-order valence-electron chi connectivity index (χ2n) is 6.13. The summed E-state index contributed by atoms with van der Waals surface area (Å²) < 4.78 is 3.74. The average Bonchev–Trinajstić information content (AvgIpc) is 3.38. The van der Waals surface area contributed by atoms with Gasteiger partial charge in [0.25, 0.3) is 0 Å². The Hall–Kier alpha value is -3.39. The van der Waals surface area contributed by atoms with Crippen LogP contribution in [0.4, 0.5) is 5.69 Å². The first-order chi connectivity index (χ1) is 13.7. The molecule has 1 amide bonds. The van der Waals surface area contributed by atoms with Gasteiger partial charge in [-0.15, -0.1) is 10.2 Å². The lowest BCUT2D eigenvalue weighted by Crippen LogP contribution is -2.15. The second-order valence-corrected chi connectivity index (χ2v) is 7.07. The number of hydrogen-bond acceptors (Lipinski definition) is 5. The molecule has 3 aromatic heterocycles. The summed E-state index contributed by atoms with van der Waals surface area (Å²) in [6.45, 7) is 2.01. The number of carbonyl (C=O) groups excluding carboxylic acids is 1. The number of amides is 1. The van der Waals surface area contributed by atoms with E-state index in [4.69, 9.17) is 0 Å². The number of anilines is 1. The van der Waals surface area contributed by atoms with Gasteiger partial charge in [-0.2, -0.15) is 0 Å². The molecule has 1 N–H and O–H groups in total. The van der Waals surface area contributed by atoms with E-state index in [1.807, 2.05) is 77.2 Å². The minimum absolute atomic E-state index is 0.0983. The van der Waals surface area contributed by atoms with E-state index in [2.05, 4.69) is 20.5 Å². The third kappa shape index (κ3) is 3.96. The van der Waals surface area contributed by atoms with Gasteiger partial charge in [0.1, 0.15) is 0 Å². The van der Waals surface area contributed by atoms with E-state index in [0.717, 1.165) is 16.8 Å². The van der Waals surface area contributed by atoms with Crippen molar-refractivity contribution in [3.8, 4) is 11.4 Å². The predicted octanol–water partition coefficient (Wildman–Crippen LogP) is 3.49. The molecule has 0 saturated heterocycles. The Balaban J connectivity index is 1.54. The fourth-order valence-electron chi connectivity index (χ4n) is 2.66. The Morgan fingerprint density at radius 2 is 1.86 bits per heavy atom. The molecule has 140 valence electrons. The van der Waals surface area contributed by atoms with Crippen LogP contribution in [0.2, 0.25) is 0 Å². The van der Waals surface area contributed by atoms with Gasteiger partial charge in [-0.1, -0.05) is 29.5 Å². The minimum atomic E-state index is -0.0983. The van der Waals surface area contributed by atoms with Crippen molar-refractivity contribution in [1.82, 2.24) is 24.5 Å². The molecular formula is C20H18N6OS. The number of pyridine rings is 1. The largest absolute Gasteiger partial charge is 0.325 e. The summed E-state index contributed by atoms with van der Waals surface area (Å²) in [6, 6.07) is 15.3. The van der Waals surface area contributed by atoms with Crippen molar-refractivity contribution in [3.63, 3.8) is 0 Å². The first kappa shape index (κ1) is 18.0. The van der Waals surface area contributed by atoms with Crippen molar-refractivity contribution in [2.45, 2.75) is 12.1 Å². The third-order valence-electron chi connectivity index (χ3n) is 4.02. The zero-order valence-electron chi connectivity index (χ0n) is 15.2. The normalized spacial score (nSPS) is 10.8. The third-order valence-corrected chi connectivity index (χ3v) is 4.94. The highest BCUT2D eigenvalue weighted by Gasteiger charge is 2.17. The van der Waals surface area contributed by atoms with Gasteiger partial charge in [-0.25, -0.2) is 4.68 Å². The average molecular weight is 390 g/mol. The van der Waals surface area contributed by atoms with E-state index in [9.17, 15) is 4.79 Å². The molecule has 3 heterocycles. The van der Waals surface area contributed by atoms with Crippen LogP contribution < -0.4 is 5.32 Å². The van der Waals surface area contributed by atoms with Crippen molar-refractivity contribution in [2.75, 3.05) is 11.1 Å². The number of nitrogens with zero attached hydrogens (tertiary/aromatic N) is 5. The van der Waals surface area contributed by atoms with Gasteiger partial charge >= 0.3 is 0 Å². The number of hydrogen-bond donors (Lipinski definition) is 1. The molecule has 0 unspecified atom stereocenters. The van der Waals surface area contributed by atoms with Gasteiger partial charge in [0.15, 0.2) is 5.82 Å². The topological polar surface area (TPSA) is 77.6 Å². The van der Waals surface area contributed by atoms with Crippen LogP contribution in [0.1, 0.15) is 5.56 Å². The second kappa shape index (κ2) is 8.10. The highest BCUT2D eigenvalue weighted by Crippen LogP contribution is 2.24. The monoisotopic (exact) mass is 390 g/mol. The van der Waals surface area contributed by atoms with Crippen LogP contribution in [0.5, 0.6) is 0 Å². The molecule has 4 rings (SSSR count). The number of aryl methyl sites for hydroxylation is 1. The summed E-state index contributed by atoms with van der Waals surface area (Å²) in [6.07, 6.45) is 7.26. The molecule has 0 spiro atoms. The molecule has 28 heavy (non-hydrogen) atoms. The van der Waals surface area contributed by atoms with Crippen molar-refractivity contribution in [2.24, 2.45) is 0 Å². The first-order valence-corrected chi connectivity index (χ1v) is 9.68. The molecule has 0 atom stereocenters. The van der Waals surface area contributed by atoms with Crippen LogP contribution in [0.3, 0.4) is 0 Å². The van der Waals surface area contributed by atoms with Gasteiger partial charge in [0, 0.05) is 36.0 Å². The molecule has 0 aliphatic heterocycles. The zero-order chi connectivity index (χ0) is 19.3. The molecule has 7 nitrogen and oxygen atoms in total. The van der Waals surface area contributed by atoms with Gasteiger partial charge < -0.3 is 5.32 Å². The number of thioether (sulfide) groups is 1. The highest BCUT2D eigenvalue weighted by atomic mass is 32.2. The minimum Gasteiger partial charge on any atom is -0.325 e. The summed E-state index contributed by atoms with van der Waals surface area (Å²) in [5, 5.41) is 12.1. The summed E-state index contributed by atoms with van der Waals surface area (Å²) in [7, 11) is 0. The lowest BCUT2D eigenvalue weighted by atomic mass is 10.2. The number of nitrogens with one attached hydrogen (secondary N) is 1. The molecule has 4 aromatic rings. The summed E-state index contributed by atoms with van der Waals surface area (Å²) in [4.78, 5) is 16.5. The van der Waals surface area contributed by atoms with Crippen LogP contribution in [0.15, 0.2) is 78.5 Å². The lowest BCUT2D eigenvalue weighted by Gasteiger charge is -2.11. The fourth-order valence-corrected chi connectivity index (χ4v) is 3.40. The highest BCUT2D eigenvalue weighted by molar-refractivity contribution is 7.99. The van der Waals surface area contributed by atoms with E-state index in [0.29, 0.717) is 11.0 Å². The zero-order valence-corrected chi connectivity index (χ0v) is 16.0. The van der Waals surface area contributed by atoms with Gasteiger partial charge in [-0.05, 0) is 43.3 Å². The SMILES string of the molecule is Cc1ccc(NC(=O)CSc2nnc(-c3cccnc3)n2-n2cccc2)cc1. The van der Waals surface area contributed by atoms with Crippen LogP contribution in [-0.2, 0) is 4.79 Å². The van der Waals surface area contributed by atoms with E-state index < -0.39 is 0 Å². The van der Waals surface area contributed by atoms with Crippen molar-refractivity contribution in [1.29, 1.82) is 0 Å². The lowest BCUT2D eigenvalue weighted by molar-refractivity contribution is -0.113. The van der Waals surface area contributed by atoms with E-state index in [-0.39, 0.29) is 11.7 Å². The molecule has 0 saturated carbocycles. The molecule has 0 aliphatic carbocycles. The standard InChI is InChI=1S/C20H18N6OS/c1-15-6-8-17(9-7-15)22-18(27)14-28-20-24-23-19(16-5-4-10-21-13-16)26(20)25-11-2-3-12-25/h2-13H,14H2,1H3,(H,22,27). The quantitative estimate of drug-likeness (QED) is 0.510. The Bertz CT molecular complexity index is 1060. The summed E-state index contributed by atoms with van der Waals surface area (Å²) in [5.74, 6) is 0.782. The number of rotatable bonds is 6. The van der Waals surface area contributed by atoms with Crippen LogP contribution in [-0.4, -0.2) is 36.2 Å². The Kier molecular flexibility index (Phi) is 5.20. The summed E-state index contributed by atoms with van der Waals surface area (Å²) >= 11 is 1.33. The summed E-state index contributed by atoms with van der Waals surface area (Å²) in [5.41, 5.74) is 2.77. The van der Waals surface area contributed by atoms with Gasteiger partial charge in [-0.3, -0.25) is 14.5 Å². The van der Waals surface area contributed by atoms with Crippen molar-refractivity contribution >= 4 is 23.4 Å². The van der Waals surface area contributed by atoms with Crippen LogP contribution >= 0.6 is 11.8 Å². The van der Waals surface area contributed by atoms with Gasteiger partial charge in [0.05, 0.1) is 5.75 Å². The molecule has 0 bridgehead atoms. The number of aromatic nitrogens is 5. The Morgan fingerprint density at radius 3 is 2.57 bits per heavy atom. The molecular weight excluding hydrogens is 372 g/mol. The molecule has 8 heteroatoms. The predicted molar refractivity (Wildman–Crippen MR) is 109 cm³/mol. The molecule has 0 fully saturated rings. The fraction of sp³-hybridized carbons (Fsp3) is 0.100. The van der Waals surface area contributed by atoms with E-state index >= 15 is 0 Å². The van der Waals surface area contributed by atoms with Crippen LogP contribution in [0.25, 0.3) is 11.4 Å². The van der Waals surface area contributed by atoms with E-state index in [1.54, 1.807) is 12.4 Å². The maximum atomic E-state index is 12.3. The van der Waals surface area contributed by atoms with E-state index in [1.165, 1.54) is 11.8 Å². The maximum Gasteiger partial charge on any atom is 0.234 e.